The van der Waals surface area contributed by atoms with Crippen molar-refractivity contribution in [1.82, 2.24) is 0 Å². The highest BCUT2D eigenvalue weighted by molar-refractivity contribution is 5.83. The van der Waals surface area contributed by atoms with Crippen LogP contribution in [0.5, 0.6) is 0 Å². The molecule has 0 radical (unpaired) electrons. The van der Waals surface area contributed by atoms with Crippen LogP contribution < -0.4 is 0 Å². The van der Waals surface area contributed by atoms with Crippen molar-refractivity contribution >= 4 is 16.7 Å². The predicted molar refractivity (Wildman–Crippen MR) is 149 cm³/mol. The zero-order valence-corrected chi connectivity index (χ0v) is 23.3. The van der Waals surface area contributed by atoms with Gasteiger partial charge in [0.15, 0.2) is 0 Å². The van der Waals surface area contributed by atoms with Gasteiger partial charge in [0.25, 0.3) is 0 Å². The Kier molecular flexibility index (Phi) is 6.45. The third kappa shape index (κ3) is 3.87. The van der Waals surface area contributed by atoms with Gasteiger partial charge in [0.1, 0.15) is 11.8 Å². The number of rotatable bonds is 5. The SMILES string of the molecule is C[C@H](CCC(=O)O)[C@H]1CC[C@H]2[C@@H]3CC[C@@H]4C(F)[C@](O)(c5ccc6ccccc6c5)CC[C@]4(C)[C@H]3CC[C@]12C. The molecule has 4 saturated carbocycles. The van der Waals surface area contributed by atoms with Crippen molar-refractivity contribution < 1.29 is 19.4 Å². The van der Waals surface area contributed by atoms with Gasteiger partial charge in [-0.15, -0.1) is 0 Å². The van der Waals surface area contributed by atoms with E-state index in [9.17, 15) is 15.0 Å². The molecule has 2 N–H and O–H groups in total. The molecule has 4 fully saturated rings. The molecule has 0 aliphatic heterocycles. The largest absolute Gasteiger partial charge is 0.481 e. The number of hydrogen-bond acceptors (Lipinski definition) is 2. The number of alkyl halides is 1. The normalized spacial score (nSPS) is 43.2. The highest BCUT2D eigenvalue weighted by Crippen LogP contribution is 2.69. The zero-order chi connectivity index (χ0) is 26.9. The van der Waals surface area contributed by atoms with Crippen LogP contribution >= 0.6 is 0 Å². The summed E-state index contributed by atoms with van der Waals surface area (Å²) in [5, 5.41) is 23.3. The highest BCUT2D eigenvalue weighted by Gasteiger charge is 2.64. The Balaban J connectivity index is 1.23. The molecule has 0 spiro atoms. The Morgan fingerprint density at radius 1 is 0.921 bits per heavy atom. The molecular weight excluding hydrogens is 475 g/mol. The molecule has 0 amide bonds. The number of fused-ring (bicyclic) bond motifs is 6. The first-order valence-corrected chi connectivity index (χ1v) is 15.2. The standard InChI is InChI=1S/C34H45FO3/c1-21(8-15-30(36)37)26-13-14-27-25-11-12-29-31(35)34(38,24-10-9-22-6-4-5-7-23(22)20-24)19-18-33(29,3)28(25)16-17-32(26,27)2/h4-7,9-10,20-21,25-29,31,38H,8,11-19H2,1-3H3,(H,36,37)/t21-,25+,26-,27+,28+,29-,31?,32-,33-,34-/m1/s1. The number of benzene rings is 2. The number of aliphatic carboxylic acids is 1. The van der Waals surface area contributed by atoms with Crippen molar-refractivity contribution in [2.24, 2.45) is 46.3 Å². The molecule has 2 aromatic carbocycles. The second kappa shape index (κ2) is 9.32. The van der Waals surface area contributed by atoms with E-state index in [1.54, 1.807) is 0 Å². The molecule has 0 aromatic heterocycles. The molecule has 0 bridgehead atoms. The zero-order valence-electron chi connectivity index (χ0n) is 23.3. The van der Waals surface area contributed by atoms with Gasteiger partial charge in [0.05, 0.1) is 0 Å². The molecular formula is C34H45FO3. The topological polar surface area (TPSA) is 57.5 Å². The molecule has 206 valence electrons. The van der Waals surface area contributed by atoms with Crippen LogP contribution in [0.2, 0.25) is 0 Å². The van der Waals surface area contributed by atoms with E-state index in [-0.39, 0.29) is 23.2 Å². The minimum atomic E-state index is -1.41. The second-order valence-electron chi connectivity index (χ2n) is 14.1. The van der Waals surface area contributed by atoms with Crippen LogP contribution in [-0.2, 0) is 10.4 Å². The van der Waals surface area contributed by atoms with Crippen LogP contribution in [0.4, 0.5) is 4.39 Å². The van der Waals surface area contributed by atoms with Gasteiger partial charge in [-0.3, -0.25) is 4.79 Å². The van der Waals surface area contributed by atoms with Gasteiger partial charge in [-0.05, 0) is 127 Å². The van der Waals surface area contributed by atoms with Crippen molar-refractivity contribution in [3.63, 3.8) is 0 Å². The van der Waals surface area contributed by atoms with Crippen LogP contribution in [-0.4, -0.2) is 22.4 Å². The lowest BCUT2D eigenvalue weighted by molar-refractivity contribution is -0.193. The summed E-state index contributed by atoms with van der Waals surface area (Å²) in [5.41, 5.74) is -0.474. The highest BCUT2D eigenvalue weighted by atomic mass is 19.1. The average molecular weight is 521 g/mol. The molecule has 0 saturated heterocycles. The fraction of sp³-hybridized carbons (Fsp3) is 0.676. The summed E-state index contributed by atoms with van der Waals surface area (Å²) < 4.78 is 16.6. The summed E-state index contributed by atoms with van der Waals surface area (Å²) >= 11 is 0. The Labute approximate surface area is 227 Å². The third-order valence-electron chi connectivity index (χ3n) is 12.6. The second-order valence-corrected chi connectivity index (χ2v) is 14.1. The monoisotopic (exact) mass is 520 g/mol. The molecule has 6 rings (SSSR count). The quantitative estimate of drug-likeness (QED) is 0.418. The lowest BCUT2D eigenvalue weighted by atomic mass is 9.43. The summed E-state index contributed by atoms with van der Waals surface area (Å²) in [7, 11) is 0. The first-order valence-electron chi connectivity index (χ1n) is 15.2. The van der Waals surface area contributed by atoms with Crippen LogP contribution in [0.25, 0.3) is 10.8 Å². The maximum absolute atomic E-state index is 16.6. The lowest BCUT2D eigenvalue weighted by Crippen LogP contribution is -2.60. The van der Waals surface area contributed by atoms with Crippen molar-refractivity contribution in [2.75, 3.05) is 0 Å². The van der Waals surface area contributed by atoms with E-state index >= 15 is 4.39 Å². The summed E-state index contributed by atoms with van der Waals surface area (Å²) in [6, 6.07) is 14.1. The summed E-state index contributed by atoms with van der Waals surface area (Å²) in [6.45, 7) is 7.12. The fourth-order valence-electron chi connectivity index (χ4n) is 10.6. The van der Waals surface area contributed by atoms with Crippen molar-refractivity contribution in [3.8, 4) is 0 Å². The van der Waals surface area contributed by atoms with Gasteiger partial charge < -0.3 is 10.2 Å². The molecule has 4 aliphatic carbocycles. The van der Waals surface area contributed by atoms with Crippen molar-refractivity contribution in [1.29, 1.82) is 0 Å². The van der Waals surface area contributed by atoms with Crippen LogP contribution in [0.3, 0.4) is 0 Å². The van der Waals surface area contributed by atoms with Gasteiger partial charge in [-0.25, -0.2) is 4.39 Å². The Hall–Kier alpha value is -1.94. The number of carboxylic acids is 1. The maximum Gasteiger partial charge on any atom is 0.303 e. The van der Waals surface area contributed by atoms with Crippen LogP contribution in [0.15, 0.2) is 42.5 Å². The van der Waals surface area contributed by atoms with E-state index in [1.165, 1.54) is 19.3 Å². The van der Waals surface area contributed by atoms with Gasteiger partial charge in [0, 0.05) is 6.42 Å². The van der Waals surface area contributed by atoms with E-state index in [4.69, 9.17) is 0 Å². The van der Waals surface area contributed by atoms with Gasteiger partial charge in [-0.2, -0.15) is 0 Å². The molecule has 4 heteroatoms. The first kappa shape index (κ1) is 26.3. The van der Waals surface area contributed by atoms with Crippen LogP contribution in [0, 0.1) is 46.3 Å². The molecule has 2 aromatic rings. The lowest BCUT2D eigenvalue weighted by Gasteiger charge is -2.63. The Morgan fingerprint density at radius 3 is 2.39 bits per heavy atom. The number of carbonyl (C=O) groups is 1. The van der Waals surface area contributed by atoms with Crippen molar-refractivity contribution in [3.05, 3.63) is 48.0 Å². The average Bonchev–Trinajstić information content (AvgIpc) is 3.27. The number of carboxylic acid groups (broad SMARTS) is 1. The molecule has 1 unspecified atom stereocenters. The van der Waals surface area contributed by atoms with E-state index in [0.29, 0.717) is 36.0 Å². The van der Waals surface area contributed by atoms with E-state index in [0.717, 1.165) is 48.4 Å². The van der Waals surface area contributed by atoms with Crippen molar-refractivity contribution in [2.45, 2.75) is 96.8 Å². The Morgan fingerprint density at radius 2 is 1.63 bits per heavy atom. The summed E-state index contributed by atoms with van der Waals surface area (Å²) in [5.74, 6) is 2.05. The molecule has 3 nitrogen and oxygen atoms in total. The molecule has 4 aliphatic rings. The summed E-state index contributed by atoms with van der Waals surface area (Å²) in [4.78, 5) is 11.2. The minimum absolute atomic E-state index is 0.0697. The van der Waals surface area contributed by atoms with E-state index in [2.05, 4.69) is 26.8 Å². The predicted octanol–water partition coefficient (Wildman–Crippen LogP) is 8.14. The minimum Gasteiger partial charge on any atom is -0.481 e. The smallest absolute Gasteiger partial charge is 0.303 e. The summed E-state index contributed by atoms with van der Waals surface area (Å²) in [6.07, 6.45) is 7.85. The van der Waals surface area contributed by atoms with Gasteiger partial charge in [0.2, 0.25) is 0 Å². The Bertz CT molecular complexity index is 1210. The van der Waals surface area contributed by atoms with E-state index < -0.39 is 17.7 Å². The first-order chi connectivity index (χ1) is 18.1. The molecule has 38 heavy (non-hydrogen) atoms. The van der Waals surface area contributed by atoms with Gasteiger partial charge >= 0.3 is 5.97 Å². The molecule has 10 atom stereocenters. The number of hydrogen-bond donors (Lipinski definition) is 2. The maximum atomic E-state index is 16.6. The van der Waals surface area contributed by atoms with Crippen LogP contribution in [0.1, 0.15) is 90.5 Å². The number of halogens is 1. The fourth-order valence-corrected chi connectivity index (χ4v) is 10.6. The van der Waals surface area contributed by atoms with Gasteiger partial charge in [-0.1, -0.05) is 57.2 Å². The molecule has 0 heterocycles. The number of aliphatic hydroxyl groups is 1. The third-order valence-corrected chi connectivity index (χ3v) is 12.6. The van der Waals surface area contributed by atoms with E-state index in [1.807, 2.05) is 36.4 Å².